The molecule has 0 spiro atoms. The number of rotatable bonds is 5. The van der Waals surface area contributed by atoms with Gasteiger partial charge in [0.05, 0.1) is 13.2 Å². The van der Waals surface area contributed by atoms with E-state index in [9.17, 15) is 9.82 Å². The molecule has 1 amide bonds. The second-order valence-electron chi connectivity index (χ2n) is 7.25. The van der Waals surface area contributed by atoms with Gasteiger partial charge in [-0.05, 0) is 36.2 Å². The van der Waals surface area contributed by atoms with Crippen molar-refractivity contribution in [3.8, 4) is 5.75 Å². The Morgan fingerprint density at radius 3 is 3.10 bits per heavy atom. The predicted octanol–water partition coefficient (Wildman–Crippen LogP) is 2.18. The highest BCUT2D eigenvalue weighted by Crippen LogP contribution is 2.35. The van der Waals surface area contributed by atoms with Crippen LogP contribution >= 0.6 is 0 Å². The lowest BCUT2D eigenvalue weighted by Gasteiger charge is -2.23. The zero-order valence-electron chi connectivity index (χ0n) is 16.5. The molecule has 4 rings (SSSR count). The summed E-state index contributed by atoms with van der Waals surface area (Å²) in [7, 11) is -0.962. The molecule has 0 aliphatic carbocycles. The number of ether oxygens (including phenoxy) is 1. The van der Waals surface area contributed by atoms with Crippen LogP contribution in [0, 0.1) is 6.57 Å². The first-order valence-corrected chi connectivity index (χ1v) is 9.80. The van der Waals surface area contributed by atoms with E-state index >= 15 is 0 Å². The molecule has 0 radical (unpaired) electrons. The Labute approximate surface area is 174 Å². The predicted molar refractivity (Wildman–Crippen MR) is 112 cm³/mol. The number of nitrogens with zero attached hydrogens (tertiary/aromatic N) is 3. The maximum atomic E-state index is 12.0. The van der Waals surface area contributed by atoms with Gasteiger partial charge in [0.2, 0.25) is 6.04 Å². The molecule has 2 aromatic rings. The first-order chi connectivity index (χ1) is 14.5. The number of nitrogens with two attached hydrogens (primary N) is 1. The number of fused-ring (bicyclic) bond motifs is 1. The molecule has 154 valence electrons. The topological polar surface area (TPSA) is 116 Å². The summed E-state index contributed by atoms with van der Waals surface area (Å²) in [4.78, 5) is 15.7. The van der Waals surface area contributed by atoms with E-state index in [-0.39, 0.29) is 17.6 Å². The van der Waals surface area contributed by atoms with Crippen molar-refractivity contribution < 1.29 is 19.2 Å². The highest BCUT2D eigenvalue weighted by molar-refractivity contribution is 6.52. The third kappa shape index (κ3) is 3.77. The van der Waals surface area contributed by atoms with Crippen LogP contribution in [-0.2, 0) is 4.74 Å². The molecular formula is C20H22BN5O4. The van der Waals surface area contributed by atoms with Crippen molar-refractivity contribution >= 4 is 30.1 Å². The number of anilines is 2. The monoisotopic (exact) mass is 407 g/mol. The highest BCUT2D eigenvalue weighted by atomic mass is 16.5. The maximum Gasteiger partial charge on any atom is 0.552 e. The van der Waals surface area contributed by atoms with E-state index in [0.29, 0.717) is 36.9 Å². The second kappa shape index (κ2) is 8.22. The average Bonchev–Trinajstić information content (AvgIpc) is 3.17. The Balaban J connectivity index is 1.66. The average molecular weight is 407 g/mol. The number of carbonyl (C=O) groups excluding carboxylic acids is 1. The molecule has 2 aliphatic rings. The molecule has 4 N–H and O–H groups in total. The van der Waals surface area contributed by atoms with Gasteiger partial charge in [-0.2, -0.15) is 5.10 Å². The summed E-state index contributed by atoms with van der Waals surface area (Å²) in [6.45, 7) is 10.3. The van der Waals surface area contributed by atoms with Crippen LogP contribution < -0.4 is 15.7 Å². The van der Waals surface area contributed by atoms with Crippen molar-refractivity contribution in [1.82, 2.24) is 9.78 Å². The molecule has 1 aromatic carbocycles. The summed E-state index contributed by atoms with van der Waals surface area (Å²) < 4.78 is 12.6. The molecule has 10 heteroatoms. The van der Waals surface area contributed by atoms with Crippen LogP contribution in [0.5, 0.6) is 5.75 Å². The SMILES string of the molecule is [C-]#[N+]C1CCOCC1n1cc(C(N)=O)c(Nc2ccc3c(c2)C(CC)=CB(O)O3)n1. The smallest absolute Gasteiger partial charge is 0.532 e. The number of carbonyl (C=O) groups is 1. The molecule has 2 unspecified atom stereocenters. The van der Waals surface area contributed by atoms with Crippen molar-refractivity contribution in [2.45, 2.75) is 31.8 Å². The molecule has 0 saturated carbocycles. The maximum absolute atomic E-state index is 12.0. The van der Waals surface area contributed by atoms with E-state index < -0.39 is 13.0 Å². The van der Waals surface area contributed by atoms with E-state index in [4.69, 9.17) is 21.7 Å². The zero-order chi connectivity index (χ0) is 21.3. The van der Waals surface area contributed by atoms with Gasteiger partial charge in [-0.15, -0.1) is 0 Å². The summed E-state index contributed by atoms with van der Waals surface area (Å²) in [6, 6.07) is 4.87. The Morgan fingerprint density at radius 1 is 1.53 bits per heavy atom. The largest absolute Gasteiger partial charge is 0.552 e. The number of allylic oxidation sites excluding steroid dienone is 1. The van der Waals surface area contributed by atoms with Gasteiger partial charge in [0, 0.05) is 23.9 Å². The summed E-state index contributed by atoms with van der Waals surface area (Å²) in [5.41, 5.74) is 8.33. The third-order valence-electron chi connectivity index (χ3n) is 5.35. The lowest BCUT2D eigenvalue weighted by Crippen LogP contribution is -2.32. The minimum Gasteiger partial charge on any atom is -0.532 e. The molecule has 1 aromatic heterocycles. The second-order valence-corrected chi connectivity index (χ2v) is 7.25. The zero-order valence-corrected chi connectivity index (χ0v) is 16.5. The van der Waals surface area contributed by atoms with Crippen LogP contribution in [-0.4, -0.2) is 47.1 Å². The van der Waals surface area contributed by atoms with Crippen LogP contribution in [0.15, 0.2) is 30.4 Å². The first-order valence-electron chi connectivity index (χ1n) is 9.80. The number of benzene rings is 1. The molecule has 30 heavy (non-hydrogen) atoms. The Bertz CT molecular complexity index is 1040. The Kier molecular flexibility index (Phi) is 5.48. The van der Waals surface area contributed by atoms with Crippen LogP contribution in [0.4, 0.5) is 11.5 Å². The third-order valence-corrected chi connectivity index (χ3v) is 5.35. The Morgan fingerprint density at radius 2 is 2.37 bits per heavy atom. The number of hydrogen-bond acceptors (Lipinski definition) is 6. The molecule has 1 fully saturated rings. The molecule has 9 nitrogen and oxygen atoms in total. The molecule has 0 bridgehead atoms. The quantitative estimate of drug-likeness (QED) is 0.517. The van der Waals surface area contributed by atoms with Gasteiger partial charge in [0.25, 0.3) is 5.91 Å². The number of aromatic nitrogens is 2. The Hall–Kier alpha value is -3.29. The van der Waals surface area contributed by atoms with Gasteiger partial charge in [0.15, 0.2) is 5.82 Å². The van der Waals surface area contributed by atoms with Crippen LogP contribution in [0.1, 0.15) is 41.7 Å². The van der Waals surface area contributed by atoms with E-state index in [1.165, 1.54) is 0 Å². The lowest BCUT2D eigenvalue weighted by atomic mass is 9.81. The summed E-state index contributed by atoms with van der Waals surface area (Å²) in [5, 5.41) is 17.5. The molecule has 2 aliphatic heterocycles. The van der Waals surface area contributed by atoms with Crippen LogP contribution in [0.3, 0.4) is 0 Å². The van der Waals surface area contributed by atoms with E-state index in [1.807, 2.05) is 13.0 Å². The van der Waals surface area contributed by atoms with E-state index in [1.54, 1.807) is 29.0 Å². The fourth-order valence-electron chi connectivity index (χ4n) is 3.78. The number of amides is 1. The molecule has 2 atom stereocenters. The van der Waals surface area contributed by atoms with Gasteiger partial charge >= 0.3 is 7.12 Å². The number of primary amides is 1. The van der Waals surface area contributed by atoms with Crippen molar-refractivity contribution in [1.29, 1.82) is 0 Å². The van der Waals surface area contributed by atoms with Gasteiger partial charge in [-0.3, -0.25) is 9.48 Å². The number of hydrogen-bond donors (Lipinski definition) is 3. The number of nitrogens with one attached hydrogen (secondary N) is 1. The van der Waals surface area contributed by atoms with Crippen molar-refractivity contribution in [3.63, 3.8) is 0 Å². The van der Waals surface area contributed by atoms with Crippen molar-refractivity contribution in [2.24, 2.45) is 5.73 Å². The van der Waals surface area contributed by atoms with Crippen LogP contribution in [0.2, 0.25) is 0 Å². The highest BCUT2D eigenvalue weighted by Gasteiger charge is 2.34. The minimum atomic E-state index is -0.962. The first kappa shape index (κ1) is 20.0. The normalized spacial score (nSPS) is 20.6. The molecule has 3 heterocycles. The lowest BCUT2D eigenvalue weighted by molar-refractivity contribution is 0.0506. The summed E-state index contributed by atoms with van der Waals surface area (Å²) in [5.74, 6) is 1.96. The van der Waals surface area contributed by atoms with Crippen molar-refractivity contribution in [2.75, 3.05) is 18.5 Å². The van der Waals surface area contributed by atoms with E-state index in [0.717, 1.165) is 17.6 Å². The van der Waals surface area contributed by atoms with E-state index in [2.05, 4.69) is 15.3 Å². The standard InChI is InChI=1S/C20H22BN5O4/c1-3-12-9-21(28)30-18-5-4-13(8-14(12)18)24-20-15(19(22)27)10-26(25-20)17-11-29-7-6-16(17)23-2/h4-5,8-10,16-17,28H,3,6-7,11H2,1H3,(H2,22,27)(H,24,25). The fourth-order valence-corrected chi connectivity index (χ4v) is 3.78. The molecular weight excluding hydrogens is 385 g/mol. The van der Waals surface area contributed by atoms with Gasteiger partial charge in [-0.1, -0.05) is 6.92 Å². The van der Waals surface area contributed by atoms with Gasteiger partial charge in [0.1, 0.15) is 17.4 Å². The summed E-state index contributed by atoms with van der Waals surface area (Å²) >= 11 is 0. The van der Waals surface area contributed by atoms with Gasteiger partial charge < -0.3 is 30.3 Å². The molecule has 1 saturated heterocycles. The van der Waals surface area contributed by atoms with Crippen LogP contribution in [0.25, 0.3) is 10.4 Å². The fraction of sp³-hybridized carbons (Fsp3) is 0.350. The van der Waals surface area contributed by atoms with Crippen molar-refractivity contribution in [3.05, 3.63) is 52.9 Å². The van der Waals surface area contributed by atoms with Gasteiger partial charge in [-0.25, -0.2) is 6.57 Å². The summed E-state index contributed by atoms with van der Waals surface area (Å²) in [6.07, 6.45) is 2.92. The minimum absolute atomic E-state index is 0.236.